The first-order valence-corrected chi connectivity index (χ1v) is 6.52. The van der Waals surface area contributed by atoms with Gasteiger partial charge in [-0.2, -0.15) is 0 Å². The van der Waals surface area contributed by atoms with Crippen molar-refractivity contribution in [2.24, 2.45) is 0 Å². The maximum atomic E-state index is 13.6. The number of nitrogens with two attached hydrogens (primary N) is 1. The molecule has 2 rings (SSSR count). The fraction of sp³-hybridized carbons (Fsp3) is 0.500. The summed E-state index contributed by atoms with van der Waals surface area (Å²) in [5.74, 6) is -0.731. The first-order chi connectivity index (χ1) is 9.04. The summed E-state index contributed by atoms with van der Waals surface area (Å²) in [6.07, 6.45) is 2.97. The Bertz CT molecular complexity index is 463. The molecule has 3 N–H and O–H groups in total. The van der Waals surface area contributed by atoms with Gasteiger partial charge in [0.1, 0.15) is 5.82 Å². The molecule has 0 aliphatic heterocycles. The molecule has 0 spiro atoms. The lowest BCUT2D eigenvalue weighted by Crippen LogP contribution is -2.45. The standard InChI is InChI=1S/C14H19FN2O2/c1-9-12(15)7-10(8-13(9)16)14(19)17(5-6-18)11-3-2-4-11/h7-8,11,18H,2-6,16H2,1H3. The largest absolute Gasteiger partial charge is 0.398 e. The van der Waals surface area contributed by atoms with Gasteiger partial charge in [0.25, 0.3) is 5.91 Å². The van der Waals surface area contributed by atoms with E-state index in [1.165, 1.54) is 12.1 Å². The highest BCUT2D eigenvalue weighted by Gasteiger charge is 2.29. The van der Waals surface area contributed by atoms with Crippen molar-refractivity contribution in [1.29, 1.82) is 0 Å². The Morgan fingerprint density at radius 2 is 2.21 bits per heavy atom. The Morgan fingerprint density at radius 3 is 2.68 bits per heavy atom. The smallest absolute Gasteiger partial charge is 0.254 e. The summed E-state index contributed by atoms with van der Waals surface area (Å²) in [5.41, 5.74) is 6.58. The predicted molar refractivity (Wildman–Crippen MR) is 71.3 cm³/mol. The second-order valence-corrected chi connectivity index (χ2v) is 4.98. The van der Waals surface area contributed by atoms with Crippen LogP contribution in [0.2, 0.25) is 0 Å². The summed E-state index contributed by atoms with van der Waals surface area (Å²) in [6.45, 7) is 1.77. The third-order valence-electron chi connectivity index (χ3n) is 3.75. The minimum absolute atomic E-state index is 0.0912. The van der Waals surface area contributed by atoms with Crippen molar-refractivity contribution in [1.82, 2.24) is 4.90 Å². The zero-order valence-corrected chi connectivity index (χ0v) is 11.0. The van der Waals surface area contributed by atoms with Gasteiger partial charge in [-0.3, -0.25) is 4.79 Å². The summed E-state index contributed by atoms with van der Waals surface area (Å²) in [7, 11) is 0. The number of halogens is 1. The van der Waals surface area contributed by atoms with E-state index in [2.05, 4.69) is 0 Å². The third kappa shape index (κ3) is 2.71. The Balaban J connectivity index is 2.25. The molecule has 104 valence electrons. The first kappa shape index (κ1) is 13.8. The Kier molecular flexibility index (Phi) is 4.04. The molecule has 0 aromatic heterocycles. The number of hydrogen-bond acceptors (Lipinski definition) is 3. The van der Waals surface area contributed by atoms with Crippen LogP contribution in [0.15, 0.2) is 12.1 Å². The number of carbonyl (C=O) groups excluding carboxylic acids is 1. The van der Waals surface area contributed by atoms with Gasteiger partial charge in [0, 0.05) is 29.4 Å². The number of aliphatic hydroxyl groups excluding tert-OH is 1. The van der Waals surface area contributed by atoms with E-state index in [-0.39, 0.29) is 36.4 Å². The molecule has 4 nitrogen and oxygen atoms in total. The fourth-order valence-corrected chi connectivity index (χ4v) is 2.25. The van der Waals surface area contributed by atoms with Gasteiger partial charge in [-0.15, -0.1) is 0 Å². The van der Waals surface area contributed by atoms with Crippen LogP contribution in [-0.4, -0.2) is 35.1 Å². The van der Waals surface area contributed by atoms with Gasteiger partial charge in [0.05, 0.1) is 6.61 Å². The molecule has 19 heavy (non-hydrogen) atoms. The molecule has 5 heteroatoms. The molecule has 0 radical (unpaired) electrons. The quantitative estimate of drug-likeness (QED) is 0.815. The highest BCUT2D eigenvalue weighted by molar-refractivity contribution is 5.95. The van der Waals surface area contributed by atoms with Crippen molar-refractivity contribution in [3.63, 3.8) is 0 Å². The molecule has 1 aromatic rings. The summed E-state index contributed by atoms with van der Waals surface area (Å²) in [5, 5.41) is 9.06. The number of amides is 1. The number of benzene rings is 1. The van der Waals surface area contributed by atoms with Crippen molar-refractivity contribution in [3.8, 4) is 0 Å². The van der Waals surface area contributed by atoms with Crippen molar-refractivity contribution in [3.05, 3.63) is 29.1 Å². The van der Waals surface area contributed by atoms with E-state index >= 15 is 0 Å². The summed E-state index contributed by atoms with van der Waals surface area (Å²) in [4.78, 5) is 14.0. The number of hydrogen-bond donors (Lipinski definition) is 2. The van der Waals surface area contributed by atoms with Crippen molar-refractivity contribution in [2.45, 2.75) is 32.2 Å². The lowest BCUT2D eigenvalue weighted by atomic mass is 9.91. The van der Waals surface area contributed by atoms with Crippen molar-refractivity contribution in [2.75, 3.05) is 18.9 Å². The molecule has 1 aromatic carbocycles. The number of carbonyl (C=O) groups is 1. The van der Waals surface area contributed by atoms with Crippen LogP contribution >= 0.6 is 0 Å². The fourth-order valence-electron chi connectivity index (χ4n) is 2.25. The molecule has 0 saturated heterocycles. The maximum absolute atomic E-state index is 13.6. The average Bonchev–Trinajstić information content (AvgIpc) is 2.31. The molecule has 1 aliphatic rings. The van der Waals surface area contributed by atoms with Crippen molar-refractivity contribution < 1.29 is 14.3 Å². The van der Waals surface area contributed by atoms with Crippen molar-refractivity contribution >= 4 is 11.6 Å². The van der Waals surface area contributed by atoms with Gasteiger partial charge in [-0.25, -0.2) is 4.39 Å². The minimum Gasteiger partial charge on any atom is -0.398 e. The lowest BCUT2D eigenvalue weighted by Gasteiger charge is -2.37. The van der Waals surface area contributed by atoms with Crippen LogP contribution in [0.1, 0.15) is 35.2 Å². The monoisotopic (exact) mass is 266 g/mol. The number of nitrogen functional groups attached to an aromatic ring is 1. The van der Waals surface area contributed by atoms with Gasteiger partial charge in [-0.05, 0) is 38.3 Å². The summed E-state index contributed by atoms with van der Waals surface area (Å²) < 4.78 is 13.6. The topological polar surface area (TPSA) is 66.6 Å². The van der Waals surface area contributed by atoms with E-state index in [4.69, 9.17) is 10.8 Å². The maximum Gasteiger partial charge on any atom is 0.254 e. The van der Waals surface area contributed by atoms with Crippen LogP contribution in [0.5, 0.6) is 0 Å². The van der Waals surface area contributed by atoms with Crippen LogP contribution < -0.4 is 5.73 Å². The van der Waals surface area contributed by atoms with Crippen LogP contribution in [0.25, 0.3) is 0 Å². The van der Waals surface area contributed by atoms with Gasteiger partial charge < -0.3 is 15.7 Å². The predicted octanol–water partition coefficient (Wildman–Crippen LogP) is 1.70. The van der Waals surface area contributed by atoms with E-state index in [9.17, 15) is 9.18 Å². The van der Waals surface area contributed by atoms with Crippen LogP contribution in [-0.2, 0) is 0 Å². The van der Waals surface area contributed by atoms with Gasteiger partial charge in [0.2, 0.25) is 0 Å². The molecule has 1 fully saturated rings. The second-order valence-electron chi connectivity index (χ2n) is 4.98. The first-order valence-electron chi connectivity index (χ1n) is 6.52. The van der Waals surface area contributed by atoms with E-state index in [1.54, 1.807) is 11.8 Å². The van der Waals surface area contributed by atoms with E-state index < -0.39 is 5.82 Å². The van der Waals surface area contributed by atoms with Crippen LogP contribution in [0, 0.1) is 12.7 Å². The Hall–Kier alpha value is -1.62. The molecule has 1 amide bonds. The number of rotatable bonds is 4. The average molecular weight is 266 g/mol. The third-order valence-corrected chi connectivity index (χ3v) is 3.75. The highest BCUT2D eigenvalue weighted by atomic mass is 19.1. The summed E-state index contributed by atoms with van der Waals surface area (Å²) in [6, 6.07) is 2.88. The van der Waals surface area contributed by atoms with Crippen LogP contribution in [0.4, 0.5) is 10.1 Å². The molecular weight excluding hydrogens is 247 g/mol. The number of nitrogens with zero attached hydrogens (tertiary/aromatic N) is 1. The zero-order valence-electron chi connectivity index (χ0n) is 11.0. The van der Waals surface area contributed by atoms with Gasteiger partial charge in [-0.1, -0.05) is 0 Å². The summed E-state index contributed by atoms with van der Waals surface area (Å²) >= 11 is 0. The Morgan fingerprint density at radius 1 is 1.53 bits per heavy atom. The van der Waals surface area contributed by atoms with E-state index in [1.807, 2.05) is 0 Å². The number of aliphatic hydroxyl groups is 1. The molecule has 1 aliphatic carbocycles. The normalized spacial score (nSPS) is 15.1. The minimum atomic E-state index is -0.471. The molecule has 0 atom stereocenters. The zero-order chi connectivity index (χ0) is 14.0. The lowest BCUT2D eigenvalue weighted by molar-refractivity contribution is 0.0525. The van der Waals surface area contributed by atoms with E-state index in [0.29, 0.717) is 5.56 Å². The van der Waals surface area contributed by atoms with Gasteiger partial charge >= 0.3 is 0 Å². The molecule has 0 heterocycles. The molecular formula is C14H19FN2O2. The Labute approximate surface area is 112 Å². The highest BCUT2D eigenvalue weighted by Crippen LogP contribution is 2.27. The molecule has 0 bridgehead atoms. The van der Waals surface area contributed by atoms with E-state index in [0.717, 1.165) is 19.3 Å². The van der Waals surface area contributed by atoms with Crippen LogP contribution in [0.3, 0.4) is 0 Å². The molecule has 1 saturated carbocycles. The number of anilines is 1. The van der Waals surface area contributed by atoms with Gasteiger partial charge in [0.15, 0.2) is 0 Å². The SMILES string of the molecule is Cc1c(N)cc(C(=O)N(CCO)C2CCC2)cc1F. The second kappa shape index (κ2) is 5.57. The molecule has 0 unspecified atom stereocenters.